The third kappa shape index (κ3) is 5.29. The minimum Gasteiger partial charge on any atom is -0.491 e. The summed E-state index contributed by atoms with van der Waals surface area (Å²) in [7, 11) is 0. The first-order chi connectivity index (χ1) is 9.05. The van der Waals surface area contributed by atoms with Crippen molar-refractivity contribution in [2.45, 2.75) is 32.8 Å². The number of carbonyl (C=O) groups is 1. The van der Waals surface area contributed by atoms with E-state index in [0.29, 0.717) is 11.4 Å². The molecule has 1 amide bonds. The lowest BCUT2D eigenvalue weighted by molar-refractivity contribution is -0.115. The molecule has 0 aliphatic heterocycles. The van der Waals surface area contributed by atoms with Crippen molar-refractivity contribution >= 4 is 17.4 Å². The van der Waals surface area contributed by atoms with Crippen LogP contribution >= 0.6 is 0 Å². The molecule has 0 saturated heterocycles. The molecule has 1 aromatic rings. The molecule has 0 saturated carbocycles. The van der Waals surface area contributed by atoms with Gasteiger partial charge in [0.2, 0.25) is 5.91 Å². The molecule has 1 aromatic carbocycles. The number of amidine groups is 1. The molecule has 4 N–H and O–H groups in total. The Labute approximate surface area is 112 Å². The van der Waals surface area contributed by atoms with Gasteiger partial charge in [0, 0.05) is 11.8 Å². The lowest BCUT2D eigenvalue weighted by Crippen LogP contribution is -2.22. The number of amides is 1. The van der Waals surface area contributed by atoms with Crippen LogP contribution in [0.25, 0.3) is 0 Å². The smallest absolute Gasteiger partial charge is 0.232 e. The Hall–Kier alpha value is -2.24. The summed E-state index contributed by atoms with van der Waals surface area (Å²) < 4.78 is 5.65. The predicted molar refractivity (Wildman–Crippen MR) is 73.5 cm³/mol. The zero-order valence-electron chi connectivity index (χ0n) is 11.1. The molecule has 0 radical (unpaired) electrons. The van der Waals surface area contributed by atoms with E-state index in [0.717, 1.165) is 6.42 Å². The van der Waals surface area contributed by atoms with E-state index in [9.17, 15) is 4.79 Å². The van der Waals surface area contributed by atoms with E-state index in [4.69, 9.17) is 15.7 Å². The second-order valence-corrected chi connectivity index (χ2v) is 4.18. The van der Waals surface area contributed by atoms with Crippen LogP contribution in [0.4, 0.5) is 5.69 Å². The maximum Gasteiger partial charge on any atom is 0.232 e. The molecule has 104 valence electrons. The lowest BCUT2D eigenvalue weighted by atomic mass is 10.2. The summed E-state index contributed by atoms with van der Waals surface area (Å²) in [5, 5.41) is 13.8. The van der Waals surface area contributed by atoms with E-state index in [1.807, 2.05) is 19.9 Å². The fraction of sp³-hybridized carbons (Fsp3) is 0.385. The van der Waals surface area contributed by atoms with Crippen molar-refractivity contribution in [1.29, 1.82) is 0 Å². The average Bonchev–Trinajstić information content (AvgIpc) is 2.38. The van der Waals surface area contributed by atoms with E-state index in [2.05, 4.69) is 10.5 Å². The average molecular weight is 265 g/mol. The van der Waals surface area contributed by atoms with Crippen LogP contribution in [0, 0.1) is 0 Å². The highest BCUT2D eigenvalue weighted by atomic mass is 16.5. The van der Waals surface area contributed by atoms with Crippen LogP contribution in [0.2, 0.25) is 0 Å². The Bertz CT molecular complexity index is 460. The number of nitrogens with one attached hydrogen (secondary N) is 1. The topological polar surface area (TPSA) is 96.9 Å². The highest BCUT2D eigenvalue weighted by Crippen LogP contribution is 2.19. The molecule has 1 atom stereocenters. The van der Waals surface area contributed by atoms with Crippen LogP contribution in [0.3, 0.4) is 0 Å². The molecule has 0 spiro atoms. The van der Waals surface area contributed by atoms with Crippen molar-refractivity contribution in [2.75, 3.05) is 5.32 Å². The third-order valence-corrected chi connectivity index (χ3v) is 2.50. The number of oxime groups is 1. The van der Waals surface area contributed by atoms with Crippen LogP contribution in [-0.2, 0) is 4.79 Å². The molecule has 0 bridgehead atoms. The van der Waals surface area contributed by atoms with Gasteiger partial charge in [-0.25, -0.2) is 0 Å². The number of hydrogen-bond donors (Lipinski definition) is 3. The second kappa shape index (κ2) is 7.25. The molecule has 0 aromatic heterocycles. The van der Waals surface area contributed by atoms with Crippen LogP contribution in [0.5, 0.6) is 5.75 Å². The van der Waals surface area contributed by atoms with Gasteiger partial charge in [-0.2, -0.15) is 0 Å². The maximum atomic E-state index is 11.5. The number of nitrogens with zero attached hydrogens (tertiary/aromatic N) is 1. The van der Waals surface area contributed by atoms with E-state index in [1.165, 1.54) is 0 Å². The highest BCUT2D eigenvalue weighted by molar-refractivity contribution is 6.04. The molecular formula is C13H19N3O3. The Balaban J connectivity index is 2.64. The second-order valence-electron chi connectivity index (χ2n) is 4.18. The summed E-state index contributed by atoms with van der Waals surface area (Å²) in [6.45, 7) is 4.01. The highest BCUT2D eigenvalue weighted by Gasteiger charge is 2.07. The summed E-state index contributed by atoms with van der Waals surface area (Å²) in [4.78, 5) is 11.5. The molecule has 0 fully saturated rings. The van der Waals surface area contributed by atoms with E-state index in [1.54, 1.807) is 18.2 Å². The van der Waals surface area contributed by atoms with Crippen LogP contribution in [-0.4, -0.2) is 23.1 Å². The van der Waals surface area contributed by atoms with Gasteiger partial charge in [0.15, 0.2) is 0 Å². The van der Waals surface area contributed by atoms with Gasteiger partial charge in [0.1, 0.15) is 11.6 Å². The fourth-order valence-corrected chi connectivity index (χ4v) is 1.37. The Morgan fingerprint density at radius 2 is 2.32 bits per heavy atom. The molecule has 0 heterocycles. The van der Waals surface area contributed by atoms with Gasteiger partial charge in [-0.3, -0.25) is 4.79 Å². The van der Waals surface area contributed by atoms with E-state index < -0.39 is 0 Å². The number of anilines is 1. The number of benzene rings is 1. The number of ether oxygens (including phenoxy) is 1. The number of carbonyl (C=O) groups excluding carboxylic acids is 1. The standard InChI is InChI=1S/C13H19N3O3/c1-3-9(2)19-11-6-4-5-10(7-11)15-13(17)8-12(14)16-18/h4-7,9,18H,3,8H2,1-2H3,(H2,14,16)(H,15,17). The summed E-state index contributed by atoms with van der Waals surface area (Å²) >= 11 is 0. The van der Waals surface area contributed by atoms with Crippen LogP contribution in [0.15, 0.2) is 29.4 Å². The minimum absolute atomic E-state index is 0.114. The summed E-state index contributed by atoms with van der Waals surface area (Å²) in [6, 6.07) is 7.09. The maximum absolute atomic E-state index is 11.5. The Morgan fingerprint density at radius 1 is 1.58 bits per heavy atom. The first kappa shape index (κ1) is 14.8. The third-order valence-electron chi connectivity index (χ3n) is 2.50. The first-order valence-electron chi connectivity index (χ1n) is 6.08. The van der Waals surface area contributed by atoms with Crippen molar-refractivity contribution in [3.63, 3.8) is 0 Å². The zero-order chi connectivity index (χ0) is 14.3. The van der Waals surface area contributed by atoms with Crippen LogP contribution in [0.1, 0.15) is 26.7 Å². The van der Waals surface area contributed by atoms with Gasteiger partial charge in [0.25, 0.3) is 0 Å². The van der Waals surface area contributed by atoms with Gasteiger partial charge >= 0.3 is 0 Å². The molecule has 1 rings (SSSR count). The molecule has 0 aliphatic carbocycles. The van der Waals surface area contributed by atoms with Crippen molar-refractivity contribution < 1.29 is 14.7 Å². The number of rotatable bonds is 6. The van der Waals surface area contributed by atoms with Gasteiger partial charge in [-0.1, -0.05) is 18.1 Å². The van der Waals surface area contributed by atoms with E-state index in [-0.39, 0.29) is 24.3 Å². The lowest BCUT2D eigenvalue weighted by Gasteiger charge is -2.13. The fourth-order valence-electron chi connectivity index (χ4n) is 1.37. The normalized spacial score (nSPS) is 12.8. The van der Waals surface area contributed by atoms with Crippen LogP contribution < -0.4 is 15.8 Å². The summed E-state index contributed by atoms with van der Waals surface area (Å²) in [5.74, 6) is 0.205. The molecule has 6 heteroatoms. The number of hydrogen-bond acceptors (Lipinski definition) is 4. The number of nitrogens with two attached hydrogens (primary N) is 1. The Morgan fingerprint density at radius 3 is 2.95 bits per heavy atom. The van der Waals surface area contributed by atoms with Crippen molar-refractivity contribution in [1.82, 2.24) is 0 Å². The van der Waals surface area contributed by atoms with Gasteiger partial charge in [-0.15, -0.1) is 0 Å². The Kier molecular flexibility index (Phi) is 5.66. The van der Waals surface area contributed by atoms with Crippen molar-refractivity contribution in [2.24, 2.45) is 10.9 Å². The molecule has 1 unspecified atom stereocenters. The largest absolute Gasteiger partial charge is 0.491 e. The summed E-state index contributed by atoms with van der Waals surface area (Å²) in [6.07, 6.45) is 0.857. The monoisotopic (exact) mass is 265 g/mol. The zero-order valence-corrected chi connectivity index (χ0v) is 11.1. The van der Waals surface area contributed by atoms with E-state index >= 15 is 0 Å². The SMILES string of the molecule is CCC(C)Oc1cccc(NC(=O)CC(N)=NO)c1. The van der Waals surface area contributed by atoms with Crippen molar-refractivity contribution in [3.05, 3.63) is 24.3 Å². The van der Waals surface area contributed by atoms with Gasteiger partial charge in [-0.05, 0) is 25.5 Å². The molecule has 19 heavy (non-hydrogen) atoms. The molecule has 0 aliphatic rings. The van der Waals surface area contributed by atoms with Gasteiger partial charge < -0.3 is 21.0 Å². The molecular weight excluding hydrogens is 246 g/mol. The first-order valence-corrected chi connectivity index (χ1v) is 6.08. The predicted octanol–water partition coefficient (Wildman–Crippen LogP) is 1.94. The molecule has 6 nitrogen and oxygen atoms in total. The quantitative estimate of drug-likeness (QED) is 0.317. The minimum atomic E-state index is -0.351. The van der Waals surface area contributed by atoms with Gasteiger partial charge in [0.05, 0.1) is 12.5 Å². The van der Waals surface area contributed by atoms with Crippen molar-refractivity contribution in [3.8, 4) is 5.75 Å². The summed E-state index contributed by atoms with van der Waals surface area (Å²) in [5.41, 5.74) is 5.86.